The SMILES string of the molecule is N#CC(Cc1ccc(Br)cc1)c1ccc(Br)cc1. The third-order valence-corrected chi connectivity index (χ3v) is 3.84. The molecule has 1 nitrogen and oxygen atoms in total. The summed E-state index contributed by atoms with van der Waals surface area (Å²) >= 11 is 6.81. The van der Waals surface area contributed by atoms with Crippen LogP contribution >= 0.6 is 31.9 Å². The first-order chi connectivity index (χ1) is 8.69. The summed E-state index contributed by atoms with van der Waals surface area (Å²) in [6.07, 6.45) is 0.741. The largest absolute Gasteiger partial charge is 0.198 e. The van der Waals surface area contributed by atoms with Crippen molar-refractivity contribution in [2.75, 3.05) is 0 Å². The molecular weight excluding hydrogens is 354 g/mol. The van der Waals surface area contributed by atoms with Crippen molar-refractivity contribution in [1.29, 1.82) is 5.26 Å². The minimum absolute atomic E-state index is 0.0979. The number of halogens is 2. The van der Waals surface area contributed by atoms with Crippen molar-refractivity contribution in [3.8, 4) is 6.07 Å². The quantitative estimate of drug-likeness (QED) is 0.746. The van der Waals surface area contributed by atoms with Crippen LogP contribution in [0.2, 0.25) is 0 Å². The van der Waals surface area contributed by atoms with Crippen LogP contribution in [-0.2, 0) is 6.42 Å². The van der Waals surface area contributed by atoms with Gasteiger partial charge in [0.15, 0.2) is 0 Å². The third kappa shape index (κ3) is 3.44. The van der Waals surface area contributed by atoms with Gasteiger partial charge in [-0.05, 0) is 41.8 Å². The first-order valence-electron chi connectivity index (χ1n) is 5.58. The molecule has 0 bridgehead atoms. The maximum absolute atomic E-state index is 9.29. The fraction of sp³-hybridized carbons (Fsp3) is 0.133. The Morgan fingerprint density at radius 1 is 0.889 bits per heavy atom. The van der Waals surface area contributed by atoms with E-state index in [2.05, 4.69) is 37.9 Å². The highest BCUT2D eigenvalue weighted by Crippen LogP contribution is 2.23. The molecule has 1 atom stereocenters. The third-order valence-electron chi connectivity index (χ3n) is 2.78. The van der Waals surface area contributed by atoms with Crippen LogP contribution in [-0.4, -0.2) is 0 Å². The molecule has 0 amide bonds. The molecule has 0 heterocycles. The molecule has 0 aromatic heterocycles. The summed E-state index contributed by atoms with van der Waals surface area (Å²) in [5, 5.41) is 9.29. The Morgan fingerprint density at radius 2 is 1.39 bits per heavy atom. The summed E-state index contributed by atoms with van der Waals surface area (Å²) in [4.78, 5) is 0. The van der Waals surface area contributed by atoms with E-state index in [1.807, 2.05) is 48.5 Å². The molecule has 2 aromatic rings. The first-order valence-corrected chi connectivity index (χ1v) is 7.17. The van der Waals surface area contributed by atoms with Gasteiger partial charge in [-0.2, -0.15) is 5.26 Å². The molecule has 0 saturated carbocycles. The summed E-state index contributed by atoms with van der Waals surface area (Å²) < 4.78 is 2.09. The second kappa shape index (κ2) is 6.17. The molecular formula is C15H11Br2N. The predicted molar refractivity (Wildman–Crippen MR) is 80.3 cm³/mol. The van der Waals surface area contributed by atoms with Crippen molar-refractivity contribution in [3.63, 3.8) is 0 Å². The minimum atomic E-state index is -0.0979. The second-order valence-electron chi connectivity index (χ2n) is 4.06. The van der Waals surface area contributed by atoms with E-state index in [0.717, 1.165) is 20.9 Å². The maximum Gasteiger partial charge on any atom is 0.0753 e. The number of hydrogen-bond acceptors (Lipinski definition) is 1. The van der Waals surface area contributed by atoms with Gasteiger partial charge >= 0.3 is 0 Å². The molecule has 0 fully saturated rings. The van der Waals surface area contributed by atoms with Crippen LogP contribution < -0.4 is 0 Å². The van der Waals surface area contributed by atoms with Crippen LogP contribution in [0.5, 0.6) is 0 Å². The lowest BCUT2D eigenvalue weighted by Crippen LogP contribution is -2.00. The Morgan fingerprint density at radius 3 is 1.89 bits per heavy atom. The van der Waals surface area contributed by atoms with Crippen molar-refractivity contribution in [2.24, 2.45) is 0 Å². The highest BCUT2D eigenvalue weighted by molar-refractivity contribution is 9.10. The lowest BCUT2D eigenvalue weighted by Gasteiger charge is -2.09. The summed E-state index contributed by atoms with van der Waals surface area (Å²) in [5.74, 6) is -0.0979. The van der Waals surface area contributed by atoms with E-state index in [0.29, 0.717) is 0 Å². The van der Waals surface area contributed by atoms with Crippen molar-refractivity contribution in [3.05, 3.63) is 68.6 Å². The van der Waals surface area contributed by atoms with E-state index < -0.39 is 0 Å². The zero-order valence-electron chi connectivity index (χ0n) is 9.61. The number of rotatable bonds is 3. The van der Waals surface area contributed by atoms with E-state index in [-0.39, 0.29) is 5.92 Å². The van der Waals surface area contributed by atoms with Crippen LogP contribution in [0.4, 0.5) is 0 Å². The summed E-state index contributed by atoms with van der Waals surface area (Å²) in [7, 11) is 0. The normalized spacial score (nSPS) is 11.8. The van der Waals surface area contributed by atoms with Gasteiger partial charge < -0.3 is 0 Å². The Hall–Kier alpha value is -1.11. The van der Waals surface area contributed by atoms with Crippen LogP contribution in [0.1, 0.15) is 17.0 Å². The molecule has 0 aliphatic heterocycles. The molecule has 0 radical (unpaired) electrons. The van der Waals surface area contributed by atoms with Crippen molar-refractivity contribution in [2.45, 2.75) is 12.3 Å². The monoisotopic (exact) mass is 363 g/mol. The summed E-state index contributed by atoms with van der Waals surface area (Å²) in [6.45, 7) is 0. The van der Waals surface area contributed by atoms with Crippen molar-refractivity contribution in [1.82, 2.24) is 0 Å². The van der Waals surface area contributed by atoms with Crippen LogP contribution in [0.25, 0.3) is 0 Å². The highest BCUT2D eigenvalue weighted by Gasteiger charge is 2.11. The number of hydrogen-bond donors (Lipinski definition) is 0. The van der Waals surface area contributed by atoms with Gasteiger partial charge in [-0.15, -0.1) is 0 Å². The molecule has 1 unspecified atom stereocenters. The Labute approximate surface area is 124 Å². The van der Waals surface area contributed by atoms with Crippen LogP contribution in [0, 0.1) is 11.3 Å². The average Bonchev–Trinajstić information content (AvgIpc) is 2.39. The van der Waals surface area contributed by atoms with Gasteiger partial charge in [0.1, 0.15) is 0 Å². The number of nitriles is 1. The lowest BCUT2D eigenvalue weighted by atomic mass is 9.93. The van der Waals surface area contributed by atoms with Crippen LogP contribution in [0.3, 0.4) is 0 Å². The molecule has 0 spiro atoms. The molecule has 3 heteroatoms. The van der Waals surface area contributed by atoms with E-state index in [9.17, 15) is 5.26 Å². The second-order valence-corrected chi connectivity index (χ2v) is 5.90. The summed E-state index contributed by atoms with van der Waals surface area (Å²) in [6, 6.07) is 18.4. The van der Waals surface area contributed by atoms with Gasteiger partial charge in [0.25, 0.3) is 0 Å². The Balaban J connectivity index is 2.17. The molecule has 2 aromatic carbocycles. The molecule has 18 heavy (non-hydrogen) atoms. The summed E-state index contributed by atoms with van der Waals surface area (Å²) in [5.41, 5.74) is 2.23. The Kier molecular flexibility index (Phi) is 4.57. The van der Waals surface area contributed by atoms with E-state index >= 15 is 0 Å². The number of benzene rings is 2. The van der Waals surface area contributed by atoms with E-state index in [4.69, 9.17) is 0 Å². The smallest absolute Gasteiger partial charge is 0.0753 e. The van der Waals surface area contributed by atoms with Crippen molar-refractivity contribution >= 4 is 31.9 Å². The molecule has 0 N–H and O–H groups in total. The van der Waals surface area contributed by atoms with E-state index in [1.54, 1.807) is 0 Å². The lowest BCUT2D eigenvalue weighted by molar-refractivity contribution is 0.848. The predicted octanol–water partition coefficient (Wildman–Crippen LogP) is 5.06. The molecule has 0 saturated heterocycles. The van der Waals surface area contributed by atoms with Gasteiger partial charge in [-0.3, -0.25) is 0 Å². The molecule has 90 valence electrons. The molecule has 2 rings (SSSR count). The van der Waals surface area contributed by atoms with Gasteiger partial charge in [-0.25, -0.2) is 0 Å². The fourth-order valence-corrected chi connectivity index (χ4v) is 2.32. The minimum Gasteiger partial charge on any atom is -0.198 e. The zero-order chi connectivity index (χ0) is 13.0. The first kappa shape index (κ1) is 13.3. The van der Waals surface area contributed by atoms with Gasteiger partial charge in [0.2, 0.25) is 0 Å². The van der Waals surface area contributed by atoms with E-state index in [1.165, 1.54) is 5.56 Å². The zero-order valence-corrected chi connectivity index (χ0v) is 12.8. The number of nitrogens with zero attached hydrogens (tertiary/aromatic N) is 1. The topological polar surface area (TPSA) is 23.8 Å². The highest BCUT2D eigenvalue weighted by atomic mass is 79.9. The fourth-order valence-electron chi connectivity index (χ4n) is 1.79. The maximum atomic E-state index is 9.29. The van der Waals surface area contributed by atoms with Crippen LogP contribution in [0.15, 0.2) is 57.5 Å². The van der Waals surface area contributed by atoms with Gasteiger partial charge in [0, 0.05) is 8.95 Å². The van der Waals surface area contributed by atoms with Gasteiger partial charge in [-0.1, -0.05) is 56.1 Å². The molecule has 0 aliphatic carbocycles. The van der Waals surface area contributed by atoms with Crippen molar-refractivity contribution < 1.29 is 0 Å². The Bertz CT molecular complexity index is 553. The molecule has 0 aliphatic rings. The standard InChI is InChI=1S/C15H11Br2N/c16-14-5-1-11(2-6-14)9-13(10-18)12-3-7-15(17)8-4-12/h1-8,13H,9H2. The van der Waals surface area contributed by atoms with Gasteiger partial charge in [0.05, 0.1) is 12.0 Å². The average molecular weight is 365 g/mol.